The Morgan fingerprint density at radius 3 is 2.41 bits per heavy atom. The van der Waals surface area contributed by atoms with E-state index in [0.29, 0.717) is 13.0 Å². The first-order valence-corrected chi connectivity index (χ1v) is 8.28. The third-order valence-corrected chi connectivity index (χ3v) is 4.54. The van der Waals surface area contributed by atoms with E-state index in [9.17, 15) is 9.59 Å². The maximum atomic E-state index is 12.4. The molecule has 1 unspecified atom stereocenters. The molecular weight excluding hydrogens is 276 g/mol. The van der Waals surface area contributed by atoms with E-state index < -0.39 is 0 Å². The lowest BCUT2D eigenvalue weighted by molar-refractivity contribution is -0.130. The molecule has 0 bridgehead atoms. The summed E-state index contributed by atoms with van der Waals surface area (Å²) in [7, 11) is 0. The Balaban J connectivity index is 1.97. The predicted molar refractivity (Wildman–Crippen MR) is 88.6 cm³/mol. The minimum absolute atomic E-state index is 0.0499. The SMILES string of the molecule is CCc1ccc(NC(=O)C2CC(=O)N(C(CC)CC)C2)cc1. The van der Waals surface area contributed by atoms with E-state index in [1.807, 2.05) is 29.2 Å². The summed E-state index contributed by atoms with van der Waals surface area (Å²) in [6, 6.07) is 8.14. The van der Waals surface area contributed by atoms with Crippen LogP contribution in [-0.4, -0.2) is 29.3 Å². The summed E-state index contributed by atoms with van der Waals surface area (Å²) >= 11 is 0. The lowest BCUT2D eigenvalue weighted by atomic mass is 10.1. The molecule has 0 spiro atoms. The van der Waals surface area contributed by atoms with Gasteiger partial charge in [-0.05, 0) is 37.0 Å². The number of carbonyl (C=O) groups is 2. The number of nitrogens with zero attached hydrogens (tertiary/aromatic N) is 1. The molecule has 4 nitrogen and oxygen atoms in total. The number of aryl methyl sites for hydroxylation is 1. The van der Waals surface area contributed by atoms with Crippen LogP contribution in [0.2, 0.25) is 0 Å². The van der Waals surface area contributed by atoms with E-state index in [4.69, 9.17) is 0 Å². The monoisotopic (exact) mass is 302 g/mol. The molecular formula is C18H26N2O2. The maximum absolute atomic E-state index is 12.4. The topological polar surface area (TPSA) is 49.4 Å². The summed E-state index contributed by atoms with van der Waals surface area (Å²) in [6.07, 6.45) is 3.19. The van der Waals surface area contributed by atoms with Crippen molar-refractivity contribution in [2.45, 2.75) is 52.5 Å². The zero-order chi connectivity index (χ0) is 16.1. The van der Waals surface area contributed by atoms with Gasteiger partial charge in [-0.3, -0.25) is 9.59 Å². The van der Waals surface area contributed by atoms with Gasteiger partial charge in [-0.2, -0.15) is 0 Å². The Kier molecular flexibility index (Phi) is 5.58. The molecule has 1 aromatic carbocycles. The Labute approximate surface area is 132 Å². The first kappa shape index (κ1) is 16.5. The first-order valence-electron chi connectivity index (χ1n) is 8.28. The smallest absolute Gasteiger partial charge is 0.229 e. The Bertz CT molecular complexity index is 520. The highest BCUT2D eigenvalue weighted by atomic mass is 16.2. The van der Waals surface area contributed by atoms with Gasteiger partial charge < -0.3 is 10.2 Å². The summed E-state index contributed by atoms with van der Waals surface area (Å²) < 4.78 is 0. The second kappa shape index (κ2) is 7.43. The molecule has 2 amide bonds. The van der Waals surface area contributed by atoms with E-state index in [0.717, 1.165) is 24.9 Å². The van der Waals surface area contributed by atoms with E-state index in [2.05, 4.69) is 26.1 Å². The van der Waals surface area contributed by atoms with Crippen LogP contribution in [-0.2, 0) is 16.0 Å². The predicted octanol–water partition coefficient (Wildman–Crippen LogP) is 3.22. The van der Waals surface area contributed by atoms with E-state index >= 15 is 0 Å². The van der Waals surface area contributed by atoms with Crippen molar-refractivity contribution in [3.05, 3.63) is 29.8 Å². The summed E-state index contributed by atoms with van der Waals surface area (Å²) in [4.78, 5) is 26.4. The molecule has 0 radical (unpaired) electrons. The number of hydrogen-bond acceptors (Lipinski definition) is 2. The van der Waals surface area contributed by atoms with Crippen LogP contribution in [0.3, 0.4) is 0 Å². The third-order valence-electron chi connectivity index (χ3n) is 4.54. The van der Waals surface area contributed by atoms with E-state index in [1.54, 1.807) is 0 Å². The van der Waals surface area contributed by atoms with Crippen LogP contribution in [0.1, 0.15) is 45.6 Å². The zero-order valence-corrected chi connectivity index (χ0v) is 13.8. The fraction of sp³-hybridized carbons (Fsp3) is 0.556. The van der Waals surface area contributed by atoms with Crippen LogP contribution in [0.25, 0.3) is 0 Å². The number of anilines is 1. The standard InChI is InChI=1S/C18H26N2O2/c1-4-13-7-9-15(10-8-13)19-18(22)14-11-17(21)20(12-14)16(5-2)6-3/h7-10,14,16H,4-6,11-12H2,1-3H3,(H,19,22). The lowest BCUT2D eigenvalue weighted by Gasteiger charge is -2.26. The number of hydrogen-bond donors (Lipinski definition) is 1. The quantitative estimate of drug-likeness (QED) is 0.877. The van der Waals surface area contributed by atoms with Gasteiger partial charge >= 0.3 is 0 Å². The van der Waals surface area contributed by atoms with Gasteiger partial charge in [0.2, 0.25) is 11.8 Å². The van der Waals surface area contributed by atoms with Crippen molar-refractivity contribution in [2.75, 3.05) is 11.9 Å². The van der Waals surface area contributed by atoms with E-state index in [1.165, 1.54) is 5.56 Å². The van der Waals surface area contributed by atoms with Gasteiger partial charge in [0.05, 0.1) is 5.92 Å². The van der Waals surface area contributed by atoms with Gasteiger partial charge in [0.15, 0.2) is 0 Å². The van der Waals surface area contributed by atoms with Crippen molar-refractivity contribution in [3.63, 3.8) is 0 Å². The number of benzene rings is 1. The average Bonchev–Trinajstić information content (AvgIpc) is 2.91. The van der Waals surface area contributed by atoms with Gasteiger partial charge in [0.1, 0.15) is 0 Å². The van der Waals surface area contributed by atoms with Crippen molar-refractivity contribution >= 4 is 17.5 Å². The molecule has 1 N–H and O–H groups in total. The second-order valence-electron chi connectivity index (χ2n) is 5.96. The van der Waals surface area contributed by atoms with Crippen LogP contribution in [0.4, 0.5) is 5.69 Å². The van der Waals surface area contributed by atoms with Gasteiger partial charge in [-0.1, -0.05) is 32.9 Å². The summed E-state index contributed by atoms with van der Waals surface area (Å²) in [6.45, 7) is 6.82. The van der Waals surface area contributed by atoms with Gasteiger partial charge in [-0.25, -0.2) is 0 Å². The molecule has 1 heterocycles. The van der Waals surface area contributed by atoms with E-state index in [-0.39, 0.29) is 23.8 Å². The van der Waals surface area contributed by atoms with Gasteiger partial charge in [0, 0.05) is 24.7 Å². The largest absolute Gasteiger partial charge is 0.339 e. The summed E-state index contributed by atoms with van der Waals surface area (Å²) in [5.74, 6) is -0.180. The molecule has 1 aliphatic heterocycles. The second-order valence-corrected chi connectivity index (χ2v) is 5.96. The Hall–Kier alpha value is -1.84. The Morgan fingerprint density at radius 1 is 1.23 bits per heavy atom. The van der Waals surface area contributed by atoms with Crippen molar-refractivity contribution in [1.82, 2.24) is 4.90 Å². The summed E-state index contributed by atoms with van der Waals surface area (Å²) in [5.41, 5.74) is 2.05. The maximum Gasteiger partial charge on any atom is 0.229 e. The van der Waals surface area contributed by atoms with Crippen molar-refractivity contribution < 1.29 is 9.59 Å². The molecule has 4 heteroatoms. The minimum atomic E-state index is -0.237. The van der Waals surface area contributed by atoms with Crippen molar-refractivity contribution in [3.8, 4) is 0 Å². The highest BCUT2D eigenvalue weighted by Gasteiger charge is 2.36. The van der Waals surface area contributed by atoms with Crippen molar-refractivity contribution in [2.24, 2.45) is 5.92 Å². The zero-order valence-electron chi connectivity index (χ0n) is 13.8. The number of nitrogens with one attached hydrogen (secondary N) is 1. The summed E-state index contributed by atoms with van der Waals surface area (Å²) in [5, 5.41) is 2.93. The van der Waals surface area contributed by atoms with Gasteiger partial charge in [-0.15, -0.1) is 0 Å². The molecule has 1 saturated heterocycles. The third kappa shape index (κ3) is 3.67. The number of carbonyl (C=O) groups excluding carboxylic acids is 2. The molecule has 0 aliphatic carbocycles. The number of likely N-dealkylation sites (tertiary alicyclic amines) is 1. The normalized spacial score (nSPS) is 18.1. The fourth-order valence-electron chi connectivity index (χ4n) is 3.06. The highest BCUT2D eigenvalue weighted by molar-refractivity contribution is 5.97. The number of amides is 2. The van der Waals surface area contributed by atoms with Crippen molar-refractivity contribution in [1.29, 1.82) is 0 Å². The highest BCUT2D eigenvalue weighted by Crippen LogP contribution is 2.24. The molecule has 1 fully saturated rings. The molecule has 1 aromatic rings. The van der Waals surface area contributed by atoms with Crippen LogP contribution < -0.4 is 5.32 Å². The van der Waals surface area contributed by atoms with Crippen LogP contribution in [0, 0.1) is 5.92 Å². The molecule has 1 atom stereocenters. The van der Waals surface area contributed by atoms with Gasteiger partial charge in [0.25, 0.3) is 0 Å². The molecule has 2 rings (SSSR count). The first-order chi connectivity index (χ1) is 10.6. The lowest BCUT2D eigenvalue weighted by Crippen LogP contribution is -2.36. The molecule has 0 saturated carbocycles. The Morgan fingerprint density at radius 2 is 1.86 bits per heavy atom. The molecule has 0 aromatic heterocycles. The van der Waals surface area contributed by atoms with Crippen LogP contribution >= 0.6 is 0 Å². The fourth-order valence-corrected chi connectivity index (χ4v) is 3.06. The van der Waals surface area contributed by atoms with Crippen LogP contribution in [0.5, 0.6) is 0 Å². The average molecular weight is 302 g/mol. The minimum Gasteiger partial charge on any atom is -0.339 e. The molecule has 120 valence electrons. The molecule has 22 heavy (non-hydrogen) atoms. The van der Waals surface area contributed by atoms with Crippen LogP contribution in [0.15, 0.2) is 24.3 Å². The number of rotatable bonds is 6. The molecule has 1 aliphatic rings.